The Morgan fingerprint density at radius 2 is 2.04 bits per heavy atom. The van der Waals surface area contributed by atoms with E-state index < -0.39 is 0 Å². The minimum absolute atomic E-state index is 0.155. The molecule has 138 valence electrons. The molecule has 0 saturated carbocycles. The summed E-state index contributed by atoms with van der Waals surface area (Å²) >= 11 is 1.41. The number of rotatable bonds is 3. The Kier molecular flexibility index (Phi) is 4.06. The van der Waals surface area contributed by atoms with Crippen molar-refractivity contribution in [1.29, 1.82) is 0 Å². The lowest BCUT2D eigenvalue weighted by Gasteiger charge is -2.22. The van der Waals surface area contributed by atoms with Gasteiger partial charge in [-0.05, 0) is 61.3 Å². The van der Waals surface area contributed by atoms with Crippen molar-refractivity contribution in [1.82, 2.24) is 20.1 Å². The van der Waals surface area contributed by atoms with Gasteiger partial charge in [0.2, 0.25) is 0 Å². The fourth-order valence-electron chi connectivity index (χ4n) is 3.57. The maximum absolute atomic E-state index is 14.7. The Morgan fingerprint density at radius 3 is 2.89 bits per heavy atom. The van der Waals surface area contributed by atoms with Gasteiger partial charge in [-0.2, -0.15) is 10.1 Å². The lowest BCUT2D eigenvalue weighted by molar-refractivity contribution is 0.162. The summed E-state index contributed by atoms with van der Waals surface area (Å²) in [7, 11) is 1.90. The zero-order valence-corrected chi connectivity index (χ0v) is 15.7. The van der Waals surface area contributed by atoms with Crippen molar-refractivity contribution in [3.05, 3.63) is 42.3 Å². The summed E-state index contributed by atoms with van der Waals surface area (Å²) in [6.45, 7) is 1.90. The van der Waals surface area contributed by atoms with Crippen molar-refractivity contribution in [2.24, 2.45) is 7.05 Å². The fourth-order valence-corrected chi connectivity index (χ4v) is 4.50. The van der Waals surface area contributed by atoms with Crippen LogP contribution in [0.25, 0.3) is 32.2 Å². The summed E-state index contributed by atoms with van der Waals surface area (Å²) < 4.78 is 23.3. The van der Waals surface area contributed by atoms with Crippen molar-refractivity contribution < 1.29 is 9.13 Å². The van der Waals surface area contributed by atoms with Gasteiger partial charge in [-0.1, -0.05) is 17.4 Å². The Labute approximate surface area is 159 Å². The normalized spacial score (nSPS) is 15.6. The summed E-state index contributed by atoms with van der Waals surface area (Å²) in [5, 5.41) is 9.29. The molecule has 3 heterocycles. The molecule has 5 rings (SSSR count). The van der Waals surface area contributed by atoms with Crippen LogP contribution in [0, 0.1) is 5.82 Å². The van der Waals surface area contributed by atoms with Crippen molar-refractivity contribution >= 4 is 32.5 Å². The van der Waals surface area contributed by atoms with Gasteiger partial charge in [0.25, 0.3) is 5.19 Å². The molecule has 1 aliphatic rings. The number of ether oxygens (including phenoxy) is 1. The molecule has 1 N–H and O–H groups in total. The molecule has 0 spiro atoms. The van der Waals surface area contributed by atoms with E-state index >= 15 is 0 Å². The Bertz CT molecular complexity index is 1130. The average Bonchev–Trinajstić information content (AvgIpc) is 3.24. The van der Waals surface area contributed by atoms with Gasteiger partial charge in [0, 0.05) is 18.6 Å². The molecule has 0 amide bonds. The number of nitrogens with one attached hydrogen (secondary N) is 1. The van der Waals surface area contributed by atoms with Gasteiger partial charge < -0.3 is 10.1 Å². The molecule has 5 nitrogen and oxygen atoms in total. The van der Waals surface area contributed by atoms with Crippen LogP contribution in [0.3, 0.4) is 0 Å². The lowest BCUT2D eigenvalue weighted by atomic mass is 10.0. The standard InChI is InChI=1S/C20H19FN4OS/c1-25-11-14-8-12(2-3-17(14)24-25)13-9-16(21)19-18(10-13)27-20(23-19)26-15-4-6-22-7-5-15/h2-3,8-11,15,22H,4-7H2,1H3. The quantitative estimate of drug-likeness (QED) is 0.579. The number of piperidine rings is 1. The number of aromatic nitrogens is 3. The second-order valence-electron chi connectivity index (χ2n) is 6.93. The molecular weight excluding hydrogens is 363 g/mol. The van der Waals surface area contributed by atoms with E-state index in [1.54, 1.807) is 10.7 Å². The van der Waals surface area contributed by atoms with Crippen LogP contribution in [0.2, 0.25) is 0 Å². The molecule has 7 heteroatoms. The summed E-state index contributed by atoms with van der Waals surface area (Å²) in [4.78, 5) is 4.38. The van der Waals surface area contributed by atoms with Gasteiger partial charge in [0.1, 0.15) is 11.6 Å². The fraction of sp³-hybridized carbons (Fsp3) is 0.300. The molecule has 1 fully saturated rings. The van der Waals surface area contributed by atoms with Crippen LogP contribution >= 0.6 is 11.3 Å². The van der Waals surface area contributed by atoms with Crippen molar-refractivity contribution in [3.63, 3.8) is 0 Å². The second kappa shape index (κ2) is 6.58. The zero-order chi connectivity index (χ0) is 18.4. The van der Waals surface area contributed by atoms with Crippen molar-refractivity contribution in [2.75, 3.05) is 13.1 Å². The summed E-state index contributed by atoms with van der Waals surface area (Å²) in [5.74, 6) is -0.315. The van der Waals surface area contributed by atoms with Gasteiger partial charge in [-0.25, -0.2) is 4.39 Å². The molecule has 1 saturated heterocycles. The predicted octanol–water partition coefficient (Wildman–Crippen LogP) is 4.12. The minimum Gasteiger partial charge on any atom is -0.467 e. The topological polar surface area (TPSA) is 52.0 Å². The molecule has 0 radical (unpaired) electrons. The molecule has 0 atom stereocenters. The first-order valence-corrected chi connectivity index (χ1v) is 9.88. The molecule has 4 aromatic rings. The second-order valence-corrected chi connectivity index (χ2v) is 7.92. The van der Waals surface area contributed by atoms with Crippen LogP contribution in [0.4, 0.5) is 4.39 Å². The molecular formula is C20H19FN4OS. The van der Waals surface area contributed by atoms with Gasteiger partial charge >= 0.3 is 0 Å². The molecule has 0 aliphatic carbocycles. The number of halogens is 1. The molecule has 2 aromatic heterocycles. The van der Waals surface area contributed by atoms with Crippen LogP contribution in [-0.4, -0.2) is 34.0 Å². The van der Waals surface area contributed by atoms with E-state index in [2.05, 4.69) is 15.4 Å². The van der Waals surface area contributed by atoms with Gasteiger partial charge in [-0.3, -0.25) is 4.68 Å². The van der Waals surface area contributed by atoms with Crippen LogP contribution in [0.1, 0.15) is 12.8 Å². The third kappa shape index (κ3) is 3.17. The highest BCUT2D eigenvalue weighted by atomic mass is 32.1. The van der Waals surface area contributed by atoms with Crippen LogP contribution in [-0.2, 0) is 7.05 Å². The van der Waals surface area contributed by atoms with Gasteiger partial charge in [0.15, 0.2) is 5.82 Å². The van der Waals surface area contributed by atoms with Gasteiger partial charge in [-0.15, -0.1) is 0 Å². The number of nitrogens with zero attached hydrogens (tertiary/aromatic N) is 3. The van der Waals surface area contributed by atoms with E-state index in [0.717, 1.165) is 52.7 Å². The van der Waals surface area contributed by atoms with E-state index in [4.69, 9.17) is 4.74 Å². The maximum atomic E-state index is 14.7. The number of thiazole rings is 1. The third-order valence-electron chi connectivity index (χ3n) is 4.93. The summed E-state index contributed by atoms with van der Waals surface area (Å²) in [5.41, 5.74) is 3.11. The van der Waals surface area contributed by atoms with Crippen molar-refractivity contribution in [3.8, 4) is 16.3 Å². The highest BCUT2D eigenvalue weighted by molar-refractivity contribution is 7.20. The first kappa shape index (κ1) is 16.6. The summed E-state index contributed by atoms with van der Waals surface area (Å²) in [6.07, 6.45) is 4.02. The zero-order valence-electron chi connectivity index (χ0n) is 14.9. The van der Waals surface area contributed by atoms with E-state index in [1.165, 1.54) is 11.3 Å². The van der Waals surface area contributed by atoms with Gasteiger partial charge in [0.05, 0.1) is 10.2 Å². The molecule has 27 heavy (non-hydrogen) atoms. The van der Waals surface area contributed by atoms with Crippen molar-refractivity contribution in [2.45, 2.75) is 18.9 Å². The largest absolute Gasteiger partial charge is 0.467 e. The maximum Gasteiger partial charge on any atom is 0.274 e. The van der Waals surface area contributed by atoms with E-state index in [-0.39, 0.29) is 11.9 Å². The van der Waals surface area contributed by atoms with E-state index in [0.29, 0.717) is 10.7 Å². The first-order valence-electron chi connectivity index (χ1n) is 9.07. The molecule has 0 unspecified atom stereocenters. The van der Waals surface area contributed by atoms with Crippen LogP contribution in [0.5, 0.6) is 5.19 Å². The Hall–Kier alpha value is -2.51. The third-order valence-corrected chi connectivity index (χ3v) is 5.83. The number of aryl methyl sites for hydroxylation is 1. The van der Waals surface area contributed by atoms with E-state index in [9.17, 15) is 4.39 Å². The monoisotopic (exact) mass is 382 g/mol. The molecule has 2 aromatic carbocycles. The minimum atomic E-state index is -0.315. The van der Waals surface area contributed by atoms with E-state index in [1.807, 2.05) is 37.5 Å². The number of benzene rings is 2. The Balaban J connectivity index is 1.51. The highest BCUT2D eigenvalue weighted by Crippen LogP contribution is 2.35. The number of hydrogen-bond acceptors (Lipinski definition) is 5. The SMILES string of the molecule is Cn1cc2cc(-c3cc(F)c4nc(OC5CCNCC5)sc4c3)ccc2n1. The molecule has 1 aliphatic heterocycles. The first-order chi connectivity index (χ1) is 13.2. The highest BCUT2D eigenvalue weighted by Gasteiger charge is 2.18. The summed E-state index contributed by atoms with van der Waals surface area (Å²) in [6, 6.07) is 9.52. The average molecular weight is 382 g/mol. The molecule has 0 bridgehead atoms. The van der Waals surface area contributed by atoms with Crippen LogP contribution in [0.15, 0.2) is 36.5 Å². The Morgan fingerprint density at radius 1 is 1.19 bits per heavy atom. The number of hydrogen-bond donors (Lipinski definition) is 1. The van der Waals surface area contributed by atoms with Crippen LogP contribution < -0.4 is 10.1 Å². The lowest BCUT2D eigenvalue weighted by Crippen LogP contribution is -2.34. The number of fused-ring (bicyclic) bond motifs is 2. The smallest absolute Gasteiger partial charge is 0.274 e. The predicted molar refractivity (Wildman–Crippen MR) is 106 cm³/mol.